The Bertz CT molecular complexity index is 251. The van der Waals surface area contributed by atoms with Gasteiger partial charge in [-0.1, -0.05) is 13.0 Å². The number of hydrogen-bond acceptors (Lipinski definition) is 3. The van der Waals surface area contributed by atoms with Gasteiger partial charge in [0.15, 0.2) is 0 Å². The Hall–Kier alpha value is -0.870. The minimum atomic E-state index is -0.132. The third-order valence-electron chi connectivity index (χ3n) is 3.13. The normalized spacial score (nSPS) is 16.9. The Balaban J connectivity index is 2.11. The highest BCUT2D eigenvalue weighted by Crippen LogP contribution is 2.25. The molecule has 0 aromatic heterocycles. The lowest BCUT2D eigenvalue weighted by Gasteiger charge is -2.21. The fraction of sp³-hybridized carbons (Fsp3) is 0.769. The van der Waals surface area contributed by atoms with Crippen LogP contribution in [0.2, 0.25) is 0 Å². The zero-order valence-corrected chi connectivity index (χ0v) is 11.0. The average Bonchev–Trinajstić information content (AvgIpc) is 3.15. The predicted octanol–water partition coefficient (Wildman–Crippen LogP) is 0.751. The summed E-state index contributed by atoms with van der Waals surface area (Å²) in [6, 6.07) is 0.666. The molecular weight excluding hydrogens is 214 g/mol. The van der Waals surface area contributed by atoms with Crippen LogP contribution < -0.4 is 10.6 Å². The van der Waals surface area contributed by atoms with Crippen molar-refractivity contribution in [2.45, 2.75) is 38.8 Å². The van der Waals surface area contributed by atoms with E-state index in [4.69, 9.17) is 0 Å². The number of nitrogens with one attached hydrogen (secondary N) is 2. The van der Waals surface area contributed by atoms with Crippen molar-refractivity contribution in [3.05, 3.63) is 12.7 Å². The van der Waals surface area contributed by atoms with Gasteiger partial charge >= 0.3 is 0 Å². The molecule has 0 bridgehead atoms. The first-order chi connectivity index (χ1) is 8.19. The van der Waals surface area contributed by atoms with Crippen LogP contribution in [0.4, 0.5) is 0 Å². The van der Waals surface area contributed by atoms with E-state index in [1.807, 2.05) is 6.92 Å². The molecule has 1 atom stereocenters. The van der Waals surface area contributed by atoms with Gasteiger partial charge in [-0.05, 0) is 26.3 Å². The molecule has 1 saturated carbocycles. The molecular formula is C13H25N3O. The van der Waals surface area contributed by atoms with Crippen molar-refractivity contribution in [1.82, 2.24) is 15.5 Å². The van der Waals surface area contributed by atoms with Gasteiger partial charge in [-0.3, -0.25) is 9.69 Å². The molecule has 17 heavy (non-hydrogen) atoms. The second-order valence-electron chi connectivity index (χ2n) is 4.57. The largest absolute Gasteiger partial charge is 0.351 e. The molecule has 0 radical (unpaired) electrons. The van der Waals surface area contributed by atoms with Crippen LogP contribution in [0.5, 0.6) is 0 Å². The summed E-state index contributed by atoms with van der Waals surface area (Å²) in [5.74, 6) is 0.0411. The van der Waals surface area contributed by atoms with Gasteiger partial charge in [0.1, 0.15) is 0 Å². The Morgan fingerprint density at radius 1 is 1.59 bits per heavy atom. The molecule has 0 aromatic rings. The molecule has 0 aliphatic heterocycles. The highest BCUT2D eigenvalue weighted by molar-refractivity contribution is 5.81. The Kier molecular flexibility index (Phi) is 6.22. The molecule has 1 rings (SSSR count). The molecule has 0 aromatic carbocycles. The summed E-state index contributed by atoms with van der Waals surface area (Å²) in [5, 5.41) is 6.04. The first kappa shape index (κ1) is 14.2. The molecule has 98 valence electrons. The van der Waals surface area contributed by atoms with Crippen LogP contribution in [0.3, 0.4) is 0 Å². The number of nitrogens with zero attached hydrogens (tertiary/aromatic N) is 1. The Labute approximate surface area is 104 Å². The van der Waals surface area contributed by atoms with E-state index in [0.29, 0.717) is 6.54 Å². The first-order valence-electron chi connectivity index (χ1n) is 6.55. The lowest BCUT2D eigenvalue weighted by molar-refractivity contribution is -0.122. The molecule has 0 heterocycles. The van der Waals surface area contributed by atoms with E-state index in [9.17, 15) is 4.79 Å². The van der Waals surface area contributed by atoms with E-state index >= 15 is 0 Å². The van der Waals surface area contributed by atoms with E-state index < -0.39 is 0 Å². The summed E-state index contributed by atoms with van der Waals surface area (Å²) in [6.45, 7) is 11.2. The molecule has 1 unspecified atom stereocenters. The van der Waals surface area contributed by atoms with Crippen LogP contribution in [0.25, 0.3) is 0 Å². The molecule has 1 fully saturated rings. The number of carbonyl (C=O) groups is 1. The summed E-state index contributed by atoms with van der Waals surface area (Å²) >= 11 is 0. The number of amides is 1. The van der Waals surface area contributed by atoms with Crippen molar-refractivity contribution in [2.24, 2.45) is 0 Å². The summed E-state index contributed by atoms with van der Waals surface area (Å²) in [6.07, 6.45) is 4.36. The van der Waals surface area contributed by atoms with Crippen LogP contribution in [-0.4, -0.2) is 49.1 Å². The topological polar surface area (TPSA) is 44.4 Å². The molecule has 0 spiro atoms. The van der Waals surface area contributed by atoms with Gasteiger partial charge in [-0.15, -0.1) is 6.58 Å². The SMILES string of the molecule is C=CCNC(=O)C(C)NCCN(CC)C1CC1. The fourth-order valence-electron chi connectivity index (χ4n) is 1.88. The monoisotopic (exact) mass is 239 g/mol. The molecule has 2 N–H and O–H groups in total. The van der Waals surface area contributed by atoms with Crippen molar-refractivity contribution in [3.63, 3.8) is 0 Å². The minimum Gasteiger partial charge on any atom is -0.351 e. The third-order valence-corrected chi connectivity index (χ3v) is 3.13. The van der Waals surface area contributed by atoms with Crippen molar-refractivity contribution < 1.29 is 4.79 Å². The van der Waals surface area contributed by atoms with Crippen molar-refractivity contribution in [1.29, 1.82) is 0 Å². The van der Waals surface area contributed by atoms with E-state index in [1.54, 1.807) is 6.08 Å². The van der Waals surface area contributed by atoms with E-state index in [1.165, 1.54) is 12.8 Å². The second-order valence-corrected chi connectivity index (χ2v) is 4.57. The molecule has 0 saturated heterocycles. The molecule has 1 amide bonds. The predicted molar refractivity (Wildman–Crippen MR) is 70.9 cm³/mol. The molecule has 1 aliphatic carbocycles. The van der Waals surface area contributed by atoms with Crippen LogP contribution in [0.15, 0.2) is 12.7 Å². The van der Waals surface area contributed by atoms with Crippen LogP contribution in [-0.2, 0) is 4.79 Å². The summed E-state index contributed by atoms with van der Waals surface area (Å²) in [4.78, 5) is 14.0. The highest BCUT2D eigenvalue weighted by atomic mass is 16.2. The lowest BCUT2D eigenvalue weighted by Crippen LogP contribution is -2.45. The van der Waals surface area contributed by atoms with Gasteiger partial charge < -0.3 is 10.6 Å². The van der Waals surface area contributed by atoms with E-state index in [2.05, 4.69) is 29.0 Å². The number of hydrogen-bond donors (Lipinski definition) is 2. The molecule has 4 nitrogen and oxygen atoms in total. The maximum Gasteiger partial charge on any atom is 0.237 e. The summed E-state index contributed by atoms with van der Waals surface area (Å²) < 4.78 is 0. The standard InChI is InChI=1S/C13H25N3O/c1-4-8-15-13(17)11(3)14-9-10-16(5-2)12-6-7-12/h4,11-12,14H,1,5-10H2,2-3H3,(H,15,17). The van der Waals surface area contributed by atoms with Gasteiger partial charge in [0.05, 0.1) is 6.04 Å². The Morgan fingerprint density at radius 3 is 2.82 bits per heavy atom. The average molecular weight is 239 g/mol. The summed E-state index contributed by atoms with van der Waals surface area (Å²) in [5.41, 5.74) is 0. The molecule has 1 aliphatic rings. The summed E-state index contributed by atoms with van der Waals surface area (Å²) in [7, 11) is 0. The van der Waals surface area contributed by atoms with Crippen LogP contribution in [0, 0.1) is 0 Å². The van der Waals surface area contributed by atoms with Gasteiger partial charge in [0.2, 0.25) is 5.91 Å². The van der Waals surface area contributed by atoms with Crippen molar-refractivity contribution >= 4 is 5.91 Å². The van der Waals surface area contributed by atoms with Crippen molar-refractivity contribution in [3.8, 4) is 0 Å². The Morgan fingerprint density at radius 2 is 2.29 bits per heavy atom. The van der Waals surface area contributed by atoms with Gasteiger partial charge in [-0.25, -0.2) is 0 Å². The third kappa shape index (κ3) is 5.33. The van der Waals surface area contributed by atoms with Gasteiger partial charge in [-0.2, -0.15) is 0 Å². The number of rotatable bonds is 9. The lowest BCUT2D eigenvalue weighted by atomic mass is 10.3. The van der Waals surface area contributed by atoms with E-state index in [-0.39, 0.29) is 11.9 Å². The van der Waals surface area contributed by atoms with Crippen LogP contribution >= 0.6 is 0 Å². The van der Waals surface area contributed by atoms with Crippen molar-refractivity contribution in [2.75, 3.05) is 26.2 Å². The van der Waals surface area contributed by atoms with E-state index in [0.717, 1.165) is 25.7 Å². The van der Waals surface area contributed by atoms with Gasteiger partial charge in [0, 0.05) is 25.7 Å². The number of likely N-dealkylation sites (N-methyl/N-ethyl adjacent to an activating group) is 1. The minimum absolute atomic E-state index is 0.0411. The van der Waals surface area contributed by atoms with Crippen LogP contribution in [0.1, 0.15) is 26.7 Å². The fourth-order valence-corrected chi connectivity index (χ4v) is 1.88. The quantitative estimate of drug-likeness (QED) is 0.584. The maximum atomic E-state index is 11.6. The zero-order valence-electron chi connectivity index (χ0n) is 11.0. The smallest absolute Gasteiger partial charge is 0.237 e. The van der Waals surface area contributed by atoms with Gasteiger partial charge in [0.25, 0.3) is 0 Å². The molecule has 4 heteroatoms. The number of carbonyl (C=O) groups excluding carboxylic acids is 1. The first-order valence-corrected chi connectivity index (χ1v) is 6.55. The zero-order chi connectivity index (χ0) is 12.7. The highest BCUT2D eigenvalue weighted by Gasteiger charge is 2.27. The second kappa shape index (κ2) is 7.45. The maximum absolute atomic E-state index is 11.6.